The van der Waals surface area contributed by atoms with E-state index in [9.17, 15) is 0 Å². The van der Waals surface area contributed by atoms with Crippen molar-refractivity contribution in [3.05, 3.63) is 206 Å². The van der Waals surface area contributed by atoms with Gasteiger partial charge in [-0.15, -0.1) is 11.3 Å². The first-order valence-corrected chi connectivity index (χ1v) is 19.7. The SMILES string of the molecule is c1ccc(-c2ccc(-c3cccc(-c4cccc5c4sc4c(-c6cccc(-c7ccc8c9ccccc9c9ccccc9c8c7)c6)cccc45)c3)cc2)cc1. The summed E-state index contributed by atoms with van der Waals surface area (Å²) in [6.45, 7) is 0. The first kappa shape index (κ1) is 31.7. The predicted molar refractivity (Wildman–Crippen MR) is 239 cm³/mol. The Morgan fingerprint density at radius 2 is 0.545 bits per heavy atom. The Labute approximate surface area is 324 Å². The van der Waals surface area contributed by atoms with Gasteiger partial charge in [-0.3, -0.25) is 0 Å². The second-order valence-electron chi connectivity index (χ2n) is 14.4. The molecule has 0 bridgehead atoms. The van der Waals surface area contributed by atoms with Crippen LogP contribution in [0, 0.1) is 0 Å². The monoisotopic (exact) mass is 714 g/mol. The van der Waals surface area contributed by atoms with E-state index in [4.69, 9.17) is 0 Å². The lowest BCUT2D eigenvalue weighted by Crippen LogP contribution is -1.86. The third-order valence-corrected chi connectivity index (χ3v) is 12.6. The highest BCUT2D eigenvalue weighted by atomic mass is 32.1. The van der Waals surface area contributed by atoms with E-state index < -0.39 is 0 Å². The van der Waals surface area contributed by atoms with Crippen LogP contribution in [0.1, 0.15) is 0 Å². The van der Waals surface area contributed by atoms with Gasteiger partial charge < -0.3 is 0 Å². The molecule has 0 nitrogen and oxygen atoms in total. The zero-order chi connectivity index (χ0) is 36.3. The van der Waals surface area contributed by atoms with Gasteiger partial charge in [-0.2, -0.15) is 0 Å². The molecule has 0 unspecified atom stereocenters. The molecule has 0 saturated carbocycles. The van der Waals surface area contributed by atoms with Crippen molar-refractivity contribution in [1.82, 2.24) is 0 Å². The lowest BCUT2D eigenvalue weighted by Gasteiger charge is -2.12. The van der Waals surface area contributed by atoms with Gasteiger partial charge in [0.05, 0.1) is 0 Å². The van der Waals surface area contributed by atoms with Gasteiger partial charge in [0.25, 0.3) is 0 Å². The summed E-state index contributed by atoms with van der Waals surface area (Å²) in [7, 11) is 0. The number of rotatable bonds is 5. The molecule has 0 aliphatic heterocycles. The highest BCUT2D eigenvalue weighted by molar-refractivity contribution is 7.26. The molecule has 0 amide bonds. The molecule has 11 rings (SSSR count). The first-order valence-electron chi connectivity index (χ1n) is 18.9. The minimum atomic E-state index is 1.22. The van der Waals surface area contributed by atoms with Crippen LogP contribution in [0.15, 0.2) is 206 Å². The van der Waals surface area contributed by atoms with E-state index in [0.717, 1.165) is 0 Å². The minimum Gasteiger partial charge on any atom is -0.134 e. The third kappa shape index (κ3) is 5.35. The van der Waals surface area contributed by atoms with Crippen molar-refractivity contribution < 1.29 is 0 Å². The fourth-order valence-corrected chi connectivity index (χ4v) is 9.95. The Balaban J connectivity index is 0.992. The molecule has 0 saturated heterocycles. The molecule has 1 heterocycles. The zero-order valence-corrected chi connectivity index (χ0v) is 30.9. The van der Waals surface area contributed by atoms with E-state index in [-0.39, 0.29) is 0 Å². The van der Waals surface area contributed by atoms with Crippen molar-refractivity contribution >= 4 is 63.8 Å². The summed E-state index contributed by atoms with van der Waals surface area (Å²) < 4.78 is 2.65. The van der Waals surface area contributed by atoms with Gasteiger partial charge in [0.2, 0.25) is 0 Å². The second-order valence-corrected chi connectivity index (χ2v) is 15.4. The molecular weight excluding hydrogens is 681 g/mol. The number of hydrogen-bond donors (Lipinski definition) is 0. The highest BCUT2D eigenvalue weighted by Crippen LogP contribution is 2.45. The zero-order valence-electron chi connectivity index (χ0n) is 30.0. The molecule has 0 N–H and O–H groups in total. The van der Waals surface area contributed by atoms with Crippen LogP contribution in [0.2, 0.25) is 0 Å². The summed E-state index contributed by atoms with van der Waals surface area (Å²) in [5.41, 5.74) is 12.4. The maximum Gasteiger partial charge on any atom is 0.0434 e. The molecule has 0 radical (unpaired) electrons. The summed E-state index contributed by atoms with van der Waals surface area (Å²) in [6, 6.07) is 75.8. The molecule has 0 fully saturated rings. The van der Waals surface area contributed by atoms with Crippen molar-refractivity contribution in [3.8, 4) is 55.6 Å². The Morgan fingerprint density at radius 3 is 1.11 bits per heavy atom. The van der Waals surface area contributed by atoms with E-state index in [1.165, 1.54) is 108 Å². The fraction of sp³-hybridized carbons (Fsp3) is 0. The van der Waals surface area contributed by atoms with Crippen LogP contribution < -0.4 is 0 Å². The average molecular weight is 715 g/mol. The molecule has 1 heteroatoms. The van der Waals surface area contributed by atoms with Crippen molar-refractivity contribution in [1.29, 1.82) is 0 Å². The Bertz CT molecular complexity index is 3200. The van der Waals surface area contributed by atoms with E-state index in [0.29, 0.717) is 0 Å². The number of hydrogen-bond acceptors (Lipinski definition) is 1. The van der Waals surface area contributed by atoms with Crippen molar-refractivity contribution in [3.63, 3.8) is 0 Å². The molecule has 0 aliphatic rings. The topological polar surface area (TPSA) is 0 Å². The van der Waals surface area contributed by atoms with Gasteiger partial charge in [-0.1, -0.05) is 188 Å². The highest BCUT2D eigenvalue weighted by Gasteiger charge is 2.16. The smallest absolute Gasteiger partial charge is 0.0434 e. The van der Waals surface area contributed by atoms with Crippen molar-refractivity contribution in [2.45, 2.75) is 0 Å². The van der Waals surface area contributed by atoms with Crippen LogP contribution in [0.5, 0.6) is 0 Å². The number of thiophene rings is 1. The Morgan fingerprint density at radius 1 is 0.200 bits per heavy atom. The molecule has 0 spiro atoms. The molecular formula is C54H34S. The summed E-state index contributed by atoms with van der Waals surface area (Å²) in [5.74, 6) is 0. The molecule has 11 aromatic rings. The van der Waals surface area contributed by atoms with Crippen LogP contribution in [0.3, 0.4) is 0 Å². The lowest BCUT2D eigenvalue weighted by atomic mass is 9.91. The minimum absolute atomic E-state index is 1.22. The van der Waals surface area contributed by atoms with E-state index in [1.807, 2.05) is 11.3 Å². The van der Waals surface area contributed by atoms with Crippen molar-refractivity contribution in [2.24, 2.45) is 0 Å². The van der Waals surface area contributed by atoms with Gasteiger partial charge >= 0.3 is 0 Å². The quantitative estimate of drug-likeness (QED) is 0.156. The van der Waals surface area contributed by atoms with E-state index in [1.54, 1.807) is 0 Å². The van der Waals surface area contributed by atoms with Gasteiger partial charge in [-0.05, 0) is 106 Å². The normalized spacial score (nSPS) is 11.6. The van der Waals surface area contributed by atoms with Crippen LogP contribution in [-0.4, -0.2) is 0 Å². The molecule has 55 heavy (non-hydrogen) atoms. The molecule has 256 valence electrons. The summed E-state index contributed by atoms with van der Waals surface area (Å²) >= 11 is 1.91. The lowest BCUT2D eigenvalue weighted by molar-refractivity contribution is 1.58. The average Bonchev–Trinajstić information content (AvgIpc) is 3.66. The predicted octanol–water partition coefficient (Wildman–Crippen LogP) is 15.8. The van der Waals surface area contributed by atoms with E-state index >= 15 is 0 Å². The molecule has 1 aromatic heterocycles. The summed E-state index contributed by atoms with van der Waals surface area (Å²) in [5, 5.41) is 10.4. The van der Waals surface area contributed by atoms with E-state index in [2.05, 4.69) is 206 Å². The van der Waals surface area contributed by atoms with Gasteiger partial charge in [0.1, 0.15) is 0 Å². The Kier molecular flexibility index (Phi) is 7.46. The maximum atomic E-state index is 2.39. The number of benzene rings is 10. The van der Waals surface area contributed by atoms with Crippen LogP contribution in [0.25, 0.3) is 108 Å². The first-order chi connectivity index (χ1) is 27.3. The summed E-state index contributed by atoms with van der Waals surface area (Å²) in [6.07, 6.45) is 0. The molecule has 0 aliphatic carbocycles. The standard InChI is InChI=1S/C54H34S/c1-2-12-35(13-3-1)36-26-28-37(29-27-36)38-14-8-16-41(32-38)43-22-10-24-50-51-25-11-23-44(54(51)55-53(43)50)42-17-9-15-39(33-42)40-30-31-49-47-20-5-4-18-45(47)46-19-6-7-21-48(46)52(49)34-40/h1-34H. The molecule has 10 aromatic carbocycles. The third-order valence-electron chi connectivity index (χ3n) is 11.3. The van der Waals surface area contributed by atoms with Gasteiger partial charge in [0.15, 0.2) is 0 Å². The fourth-order valence-electron chi connectivity index (χ4n) is 8.58. The van der Waals surface area contributed by atoms with Gasteiger partial charge in [0, 0.05) is 20.2 Å². The summed E-state index contributed by atoms with van der Waals surface area (Å²) in [4.78, 5) is 0. The second kappa shape index (κ2) is 13.0. The maximum absolute atomic E-state index is 2.39. The Hall–Kier alpha value is -6.80. The number of fused-ring (bicyclic) bond motifs is 9. The van der Waals surface area contributed by atoms with Crippen LogP contribution in [-0.2, 0) is 0 Å². The van der Waals surface area contributed by atoms with Gasteiger partial charge in [-0.25, -0.2) is 0 Å². The van der Waals surface area contributed by atoms with Crippen LogP contribution >= 0.6 is 11.3 Å². The van der Waals surface area contributed by atoms with Crippen molar-refractivity contribution in [2.75, 3.05) is 0 Å². The largest absolute Gasteiger partial charge is 0.134 e. The molecule has 0 atom stereocenters. The van der Waals surface area contributed by atoms with Crippen LogP contribution in [0.4, 0.5) is 0 Å².